The van der Waals surface area contributed by atoms with Crippen LogP contribution in [0.2, 0.25) is 0 Å². The average molecular weight is 298 g/mol. The molecule has 0 spiro atoms. The van der Waals surface area contributed by atoms with E-state index in [1.165, 1.54) is 0 Å². The summed E-state index contributed by atoms with van der Waals surface area (Å²) in [4.78, 5) is 6.22. The second kappa shape index (κ2) is 7.20. The molecule has 2 rings (SSSR count). The smallest absolute Gasteiger partial charge is 0.142 e. The quantitative estimate of drug-likeness (QED) is 0.834. The van der Waals surface area contributed by atoms with Crippen LogP contribution < -0.4 is 4.90 Å². The van der Waals surface area contributed by atoms with Crippen LogP contribution in [0.4, 0.5) is 5.69 Å². The predicted octanol–water partition coefficient (Wildman–Crippen LogP) is 2.61. The molecule has 0 aliphatic carbocycles. The number of hydrogen-bond donors (Lipinski definition) is 2. The van der Waals surface area contributed by atoms with Crippen LogP contribution in [0.5, 0.6) is 0 Å². The summed E-state index contributed by atoms with van der Waals surface area (Å²) in [6.45, 7) is 1.58. The van der Waals surface area contributed by atoms with E-state index in [2.05, 4.69) is 4.99 Å². The van der Waals surface area contributed by atoms with E-state index in [1.54, 1.807) is 6.92 Å². The number of aliphatic hydroxyl groups excluding tert-OH is 2. The number of para-hydroxylation sites is 1. The molecule has 0 radical (unpaired) electrons. The lowest BCUT2D eigenvalue weighted by molar-refractivity contribution is 0.199. The minimum atomic E-state index is -0.892. The van der Waals surface area contributed by atoms with Crippen LogP contribution in [0, 0.1) is 0 Å². The summed E-state index contributed by atoms with van der Waals surface area (Å²) >= 11 is 0. The van der Waals surface area contributed by atoms with Crippen LogP contribution in [-0.4, -0.2) is 36.2 Å². The summed E-state index contributed by atoms with van der Waals surface area (Å²) < 4.78 is 0. The molecule has 0 bridgehead atoms. The molecule has 2 unspecified atom stereocenters. The number of anilines is 1. The van der Waals surface area contributed by atoms with Crippen molar-refractivity contribution < 1.29 is 10.2 Å². The van der Waals surface area contributed by atoms with Crippen molar-refractivity contribution in [2.24, 2.45) is 4.99 Å². The summed E-state index contributed by atoms with van der Waals surface area (Å²) in [6, 6.07) is 17.0. The zero-order valence-electron chi connectivity index (χ0n) is 13.1. The van der Waals surface area contributed by atoms with Crippen molar-refractivity contribution in [3.63, 3.8) is 0 Å². The van der Waals surface area contributed by atoms with E-state index in [1.807, 2.05) is 73.6 Å². The summed E-state index contributed by atoms with van der Waals surface area (Å²) in [5, 5.41) is 20.4. The van der Waals surface area contributed by atoms with Crippen molar-refractivity contribution in [1.82, 2.24) is 0 Å². The Morgan fingerprint density at radius 2 is 1.55 bits per heavy atom. The third kappa shape index (κ3) is 3.72. The maximum Gasteiger partial charge on any atom is 0.142 e. The second-order valence-corrected chi connectivity index (χ2v) is 5.37. The molecule has 2 N–H and O–H groups in total. The van der Waals surface area contributed by atoms with Gasteiger partial charge >= 0.3 is 0 Å². The van der Waals surface area contributed by atoms with Gasteiger partial charge in [-0.1, -0.05) is 48.5 Å². The zero-order valence-corrected chi connectivity index (χ0v) is 13.1. The molecule has 0 saturated carbocycles. The minimum absolute atomic E-state index is 0.463. The van der Waals surface area contributed by atoms with E-state index in [0.29, 0.717) is 5.71 Å². The first-order valence-corrected chi connectivity index (χ1v) is 7.26. The molecule has 0 heterocycles. The van der Waals surface area contributed by atoms with Gasteiger partial charge in [-0.3, -0.25) is 4.99 Å². The fourth-order valence-electron chi connectivity index (χ4n) is 2.36. The number of aliphatic imine (C=N–C) groups is 1. The van der Waals surface area contributed by atoms with E-state index in [4.69, 9.17) is 0 Å². The van der Waals surface area contributed by atoms with E-state index in [0.717, 1.165) is 16.8 Å². The van der Waals surface area contributed by atoms with E-state index >= 15 is 0 Å². The first-order valence-electron chi connectivity index (χ1n) is 7.26. The number of rotatable bonds is 5. The molecule has 0 aliphatic heterocycles. The van der Waals surface area contributed by atoms with Crippen molar-refractivity contribution >= 4 is 11.4 Å². The zero-order chi connectivity index (χ0) is 16.1. The third-order valence-electron chi connectivity index (χ3n) is 3.36. The number of nitrogens with zero attached hydrogens (tertiary/aromatic N) is 2. The van der Waals surface area contributed by atoms with Crippen LogP contribution in [0.25, 0.3) is 0 Å². The molecular weight excluding hydrogens is 276 g/mol. The van der Waals surface area contributed by atoms with Gasteiger partial charge in [0, 0.05) is 25.3 Å². The molecule has 22 heavy (non-hydrogen) atoms. The van der Waals surface area contributed by atoms with Crippen LogP contribution in [0.15, 0.2) is 59.6 Å². The number of aliphatic hydroxyl groups is 2. The van der Waals surface area contributed by atoms with Crippen molar-refractivity contribution in [3.05, 3.63) is 65.7 Å². The molecular formula is C18H22N2O2. The fraction of sp³-hybridized carbons (Fsp3) is 0.278. The highest BCUT2D eigenvalue weighted by atomic mass is 16.3. The normalized spacial score (nSPS) is 14.5. The van der Waals surface area contributed by atoms with Crippen molar-refractivity contribution in [2.45, 2.75) is 19.3 Å². The van der Waals surface area contributed by atoms with Crippen LogP contribution >= 0.6 is 0 Å². The molecule has 4 heteroatoms. The first kappa shape index (κ1) is 16.2. The van der Waals surface area contributed by atoms with Crippen molar-refractivity contribution in [1.29, 1.82) is 0 Å². The maximum atomic E-state index is 10.7. The van der Waals surface area contributed by atoms with Crippen LogP contribution in [-0.2, 0) is 0 Å². The van der Waals surface area contributed by atoms with Crippen molar-refractivity contribution in [3.8, 4) is 0 Å². The largest absolute Gasteiger partial charge is 0.382 e. The van der Waals surface area contributed by atoms with Gasteiger partial charge in [0.1, 0.15) is 12.3 Å². The third-order valence-corrected chi connectivity index (χ3v) is 3.36. The molecule has 116 valence electrons. The predicted molar refractivity (Wildman–Crippen MR) is 90.4 cm³/mol. The average Bonchev–Trinajstić information content (AvgIpc) is 2.52. The molecule has 0 aliphatic rings. The highest BCUT2D eigenvalue weighted by molar-refractivity contribution is 6.08. The van der Waals surface area contributed by atoms with Gasteiger partial charge < -0.3 is 15.1 Å². The lowest BCUT2D eigenvalue weighted by Crippen LogP contribution is -2.20. The van der Waals surface area contributed by atoms with Crippen molar-refractivity contribution in [2.75, 3.05) is 19.0 Å². The Kier molecular flexibility index (Phi) is 5.31. The van der Waals surface area contributed by atoms with Gasteiger partial charge in [0.25, 0.3) is 0 Å². The molecule has 2 aromatic carbocycles. The van der Waals surface area contributed by atoms with Gasteiger partial charge in [-0.05, 0) is 18.6 Å². The Morgan fingerprint density at radius 3 is 2.14 bits per heavy atom. The van der Waals surface area contributed by atoms with Gasteiger partial charge in [-0.25, -0.2) is 0 Å². The molecule has 0 amide bonds. The molecule has 2 atom stereocenters. The van der Waals surface area contributed by atoms with Crippen LogP contribution in [0.1, 0.15) is 24.2 Å². The summed E-state index contributed by atoms with van der Waals surface area (Å²) in [5.41, 5.74) is 2.96. The summed E-state index contributed by atoms with van der Waals surface area (Å²) in [6.07, 6.45) is -1.78. The topological polar surface area (TPSA) is 56.1 Å². The lowest BCUT2D eigenvalue weighted by atomic mass is 9.97. The Morgan fingerprint density at radius 1 is 0.955 bits per heavy atom. The van der Waals surface area contributed by atoms with Gasteiger partial charge in [-0.2, -0.15) is 0 Å². The standard InChI is InChI=1S/C18H22N2O2/c1-13(21)19-17(18(22)14-9-5-4-6-10-14)15-11-7-8-12-16(15)20(2)3/h4-13,18,21-22H,1-3H3. The molecule has 0 fully saturated rings. The Bertz CT molecular complexity index is 637. The second-order valence-electron chi connectivity index (χ2n) is 5.37. The monoisotopic (exact) mass is 298 g/mol. The van der Waals surface area contributed by atoms with E-state index in [-0.39, 0.29) is 0 Å². The lowest BCUT2D eigenvalue weighted by Gasteiger charge is -2.22. The van der Waals surface area contributed by atoms with Crippen LogP contribution in [0.3, 0.4) is 0 Å². The molecule has 4 nitrogen and oxygen atoms in total. The number of hydrogen-bond acceptors (Lipinski definition) is 4. The Hall–Kier alpha value is -2.17. The maximum absolute atomic E-state index is 10.7. The Labute approximate surface area is 131 Å². The molecule has 0 saturated heterocycles. The highest BCUT2D eigenvalue weighted by Crippen LogP contribution is 2.26. The highest BCUT2D eigenvalue weighted by Gasteiger charge is 2.20. The summed E-state index contributed by atoms with van der Waals surface area (Å²) in [7, 11) is 3.88. The van der Waals surface area contributed by atoms with Gasteiger partial charge in [0.05, 0.1) is 5.71 Å². The number of benzene rings is 2. The molecule has 0 aromatic heterocycles. The molecule has 2 aromatic rings. The SMILES string of the molecule is CC(O)N=C(c1ccccc1N(C)C)C(O)c1ccccc1. The van der Waals surface area contributed by atoms with E-state index in [9.17, 15) is 10.2 Å². The Balaban J connectivity index is 2.53. The van der Waals surface area contributed by atoms with E-state index < -0.39 is 12.3 Å². The van der Waals surface area contributed by atoms with Gasteiger partial charge in [0.2, 0.25) is 0 Å². The summed E-state index contributed by atoms with van der Waals surface area (Å²) in [5.74, 6) is 0. The minimum Gasteiger partial charge on any atom is -0.382 e. The van der Waals surface area contributed by atoms with Gasteiger partial charge in [-0.15, -0.1) is 0 Å². The van der Waals surface area contributed by atoms with Gasteiger partial charge in [0.15, 0.2) is 0 Å². The fourth-order valence-corrected chi connectivity index (χ4v) is 2.36. The first-order chi connectivity index (χ1) is 10.5.